The second kappa shape index (κ2) is 11.7. The first-order valence-electron chi connectivity index (χ1n) is 13.0. The summed E-state index contributed by atoms with van der Waals surface area (Å²) in [5.41, 5.74) is 5.42. The first kappa shape index (κ1) is 25.9. The molecule has 1 fully saturated rings. The maximum absolute atomic E-state index is 13.6. The Hall–Kier alpha value is -3.19. The summed E-state index contributed by atoms with van der Waals surface area (Å²) in [7, 11) is 0. The average molecular weight is 492 g/mol. The van der Waals surface area contributed by atoms with Crippen LogP contribution < -0.4 is 4.74 Å². The number of aryl methyl sites for hydroxylation is 2. The predicted octanol–water partition coefficient (Wildman–Crippen LogP) is 4.65. The van der Waals surface area contributed by atoms with Crippen molar-refractivity contribution in [3.63, 3.8) is 0 Å². The number of hydrazone groups is 1. The van der Waals surface area contributed by atoms with Gasteiger partial charge in [-0.05, 0) is 87.5 Å². The number of benzene rings is 2. The van der Waals surface area contributed by atoms with Crippen molar-refractivity contribution in [1.29, 1.82) is 0 Å². The van der Waals surface area contributed by atoms with Crippen LogP contribution in [0.3, 0.4) is 0 Å². The molecule has 0 saturated carbocycles. The number of carbonyl (C=O) groups is 2. The van der Waals surface area contributed by atoms with E-state index in [-0.39, 0.29) is 30.4 Å². The van der Waals surface area contributed by atoms with Crippen LogP contribution >= 0.6 is 0 Å². The van der Waals surface area contributed by atoms with E-state index >= 15 is 0 Å². The molecule has 2 atom stereocenters. The third-order valence-corrected chi connectivity index (χ3v) is 7.07. The molecule has 0 aromatic heterocycles. The van der Waals surface area contributed by atoms with E-state index in [1.54, 1.807) is 5.01 Å². The summed E-state index contributed by atoms with van der Waals surface area (Å²) in [5, 5.41) is 6.49. The Kier molecular flexibility index (Phi) is 8.41. The van der Waals surface area contributed by atoms with Crippen molar-refractivity contribution in [1.82, 2.24) is 9.91 Å². The maximum atomic E-state index is 13.6. The van der Waals surface area contributed by atoms with Gasteiger partial charge in [-0.1, -0.05) is 24.3 Å². The van der Waals surface area contributed by atoms with Gasteiger partial charge >= 0.3 is 5.97 Å². The molecule has 0 aliphatic carbocycles. The lowest BCUT2D eigenvalue weighted by Crippen LogP contribution is -2.44. The number of rotatable bonds is 8. The minimum atomic E-state index is -0.185. The van der Waals surface area contributed by atoms with Crippen LogP contribution in [0.5, 0.6) is 5.75 Å². The Balaban J connectivity index is 1.55. The molecule has 192 valence electrons. The molecule has 2 aromatic carbocycles. The van der Waals surface area contributed by atoms with Gasteiger partial charge in [0.25, 0.3) is 5.91 Å². The molecule has 1 amide bonds. The van der Waals surface area contributed by atoms with Gasteiger partial charge < -0.3 is 9.47 Å². The molecule has 0 bridgehead atoms. The molecule has 36 heavy (non-hydrogen) atoms. The summed E-state index contributed by atoms with van der Waals surface area (Å²) in [6.45, 7) is 10.5. The lowest BCUT2D eigenvalue weighted by molar-refractivity contribution is -0.150. The fourth-order valence-corrected chi connectivity index (χ4v) is 4.96. The second-order valence-electron chi connectivity index (χ2n) is 9.63. The van der Waals surface area contributed by atoms with Gasteiger partial charge in [0, 0.05) is 13.0 Å². The van der Waals surface area contributed by atoms with Crippen LogP contribution in [0.1, 0.15) is 61.4 Å². The van der Waals surface area contributed by atoms with Crippen molar-refractivity contribution in [2.24, 2.45) is 11.0 Å². The number of ether oxygens (including phenoxy) is 2. The van der Waals surface area contributed by atoms with Crippen LogP contribution in [-0.2, 0) is 14.3 Å². The SMILES string of the molecule is CCOC(=O)C1CCCN(CC(=O)N2N=C(c3ccc(C)c(C)c3)CC2c2ccc(OCC)cc2)C1. The Morgan fingerprint density at radius 2 is 1.81 bits per heavy atom. The Morgan fingerprint density at radius 1 is 1.03 bits per heavy atom. The molecule has 2 aliphatic heterocycles. The van der Waals surface area contributed by atoms with Gasteiger partial charge in [0.2, 0.25) is 0 Å². The predicted molar refractivity (Wildman–Crippen MR) is 140 cm³/mol. The lowest BCUT2D eigenvalue weighted by Gasteiger charge is -2.32. The van der Waals surface area contributed by atoms with Gasteiger partial charge in [-0.15, -0.1) is 0 Å². The van der Waals surface area contributed by atoms with E-state index in [1.165, 1.54) is 11.1 Å². The highest BCUT2D eigenvalue weighted by Crippen LogP contribution is 2.34. The van der Waals surface area contributed by atoms with Gasteiger partial charge in [0.15, 0.2) is 0 Å². The monoisotopic (exact) mass is 491 g/mol. The van der Waals surface area contributed by atoms with Gasteiger partial charge in [0.1, 0.15) is 5.75 Å². The fourth-order valence-electron chi connectivity index (χ4n) is 4.96. The lowest BCUT2D eigenvalue weighted by atomic mass is 9.96. The van der Waals surface area contributed by atoms with Crippen LogP contribution in [0, 0.1) is 19.8 Å². The van der Waals surface area contributed by atoms with E-state index in [2.05, 4.69) is 36.9 Å². The number of piperidine rings is 1. The van der Waals surface area contributed by atoms with Crippen molar-refractivity contribution in [3.05, 3.63) is 64.7 Å². The van der Waals surface area contributed by atoms with E-state index < -0.39 is 0 Å². The van der Waals surface area contributed by atoms with Crippen molar-refractivity contribution in [2.45, 2.75) is 53.0 Å². The van der Waals surface area contributed by atoms with E-state index in [0.717, 1.165) is 42.0 Å². The highest BCUT2D eigenvalue weighted by molar-refractivity contribution is 6.03. The zero-order chi connectivity index (χ0) is 25.7. The number of hydrogen-bond donors (Lipinski definition) is 0. The molecule has 7 heteroatoms. The first-order chi connectivity index (χ1) is 17.4. The normalized spacial score (nSPS) is 20.2. The van der Waals surface area contributed by atoms with Crippen molar-refractivity contribution >= 4 is 17.6 Å². The maximum Gasteiger partial charge on any atom is 0.310 e. The summed E-state index contributed by atoms with van der Waals surface area (Å²) in [4.78, 5) is 27.9. The minimum Gasteiger partial charge on any atom is -0.494 e. The Labute approximate surface area is 214 Å². The summed E-state index contributed by atoms with van der Waals surface area (Å²) in [6.07, 6.45) is 2.32. The number of amides is 1. The topological polar surface area (TPSA) is 71.4 Å². The number of hydrogen-bond acceptors (Lipinski definition) is 6. The molecule has 1 saturated heterocycles. The molecular formula is C29H37N3O4. The second-order valence-corrected chi connectivity index (χ2v) is 9.63. The molecule has 7 nitrogen and oxygen atoms in total. The van der Waals surface area contributed by atoms with E-state index in [4.69, 9.17) is 14.6 Å². The van der Waals surface area contributed by atoms with Crippen LogP contribution in [-0.4, -0.2) is 60.3 Å². The van der Waals surface area contributed by atoms with E-state index in [1.807, 2.05) is 38.1 Å². The molecule has 2 aliphatic rings. The zero-order valence-electron chi connectivity index (χ0n) is 21.8. The van der Waals surface area contributed by atoms with Crippen LogP contribution in [0.15, 0.2) is 47.6 Å². The van der Waals surface area contributed by atoms with Crippen molar-refractivity contribution in [2.75, 3.05) is 32.8 Å². The van der Waals surface area contributed by atoms with Crippen LogP contribution in [0.2, 0.25) is 0 Å². The third-order valence-electron chi connectivity index (χ3n) is 7.07. The van der Waals surface area contributed by atoms with Crippen molar-refractivity contribution < 1.29 is 19.1 Å². The Bertz CT molecular complexity index is 1110. The van der Waals surface area contributed by atoms with Crippen LogP contribution in [0.4, 0.5) is 0 Å². The Morgan fingerprint density at radius 3 is 2.50 bits per heavy atom. The van der Waals surface area contributed by atoms with Gasteiger partial charge in [-0.3, -0.25) is 14.5 Å². The molecule has 0 N–H and O–H groups in total. The largest absolute Gasteiger partial charge is 0.494 e. The zero-order valence-corrected chi connectivity index (χ0v) is 21.8. The fraction of sp³-hybridized carbons (Fsp3) is 0.483. The molecule has 2 aromatic rings. The number of likely N-dealkylation sites (tertiary alicyclic amines) is 1. The van der Waals surface area contributed by atoms with E-state index in [9.17, 15) is 9.59 Å². The molecular weight excluding hydrogens is 454 g/mol. The van der Waals surface area contributed by atoms with Crippen LogP contribution in [0.25, 0.3) is 0 Å². The summed E-state index contributed by atoms with van der Waals surface area (Å²) in [6, 6.07) is 14.1. The molecule has 2 unspecified atom stereocenters. The number of esters is 1. The smallest absolute Gasteiger partial charge is 0.310 e. The number of nitrogens with zero attached hydrogens (tertiary/aromatic N) is 3. The van der Waals surface area contributed by atoms with Gasteiger partial charge in [-0.25, -0.2) is 5.01 Å². The summed E-state index contributed by atoms with van der Waals surface area (Å²) in [5.74, 6) is 0.405. The first-order valence-corrected chi connectivity index (χ1v) is 13.0. The standard InChI is InChI=1S/C29H37N3O4/c1-5-35-25-13-11-22(12-14-25)27-17-26(23-10-9-20(3)21(4)16-23)30-32(27)28(33)19-31-15-7-8-24(18-31)29(34)36-6-2/h9-14,16,24,27H,5-8,15,17-19H2,1-4H3. The third kappa shape index (κ3) is 5.95. The van der Waals surface area contributed by atoms with Crippen molar-refractivity contribution in [3.8, 4) is 5.75 Å². The minimum absolute atomic E-state index is 0.0581. The highest BCUT2D eigenvalue weighted by atomic mass is 16.5. The molecule has 0 spiro atoms. The van der Waals surface area contributed by atoms with Gasteiger partial charge in [-0.2, -0.15) is 5.10 Å². The quantitative estimate of drug-likeness (QED) is 0.503. The molecule has 4 rings (SSSR count). The van der Waals surface area contributed by atoms with E-state index in [0.29, 0.717) is 26.2 Å². The van der Waals surface area contributed by atoms with Gasteiger partial charge in [0.05, 0.1) is 37.4 Å². The molecule has 2 heterocycles. The molecule has 0 radical (unpaired) electrons. The summed E-state index contributed by atoms with van der Waals surface area (Å²) >= 11 is 0. The average Bonchev–Trinajstić information content (AvgIpc) is 3.32. The highest BCUT2D eigenvalue weighted by Gasteiger charge is 2.35. The number of carbonyl (C=O) groups excluding carboxylic acids is 2. The summed E-state index contributed by atoms with van der Waals surface area (Å²) < 4.78 is 10.8.